The van der Waals surface area contributed by atoms with E-state index in [0.29, 0.717) is 0 Å². The van der Waals surface area contributed by atoms with E-state index >= 15 is 0 Å². The van der Waals surface area contributed by atoms with Crippen LogP contribution in [0.1, 0.15) is 45.4 Å². The van der Waals surface area contributed by atoms with E-state index < -0.39 is 0 Å². The van der Waals surface area contributed by atoms with Gasteiger partial charge in [-0.1, -0.05) is 26.2 Å². The van der Waals surface area contributed by atoms with Gasteiger partial charge in [0.05, 0.1) is 6.33 Å². The van der Waals surface area contributed by atoms with Crippen LogP contribution in [0.2, 0.25) is 0 Å². The molecule has 3 heteroatoms. The van der Waals surface area contributed by atoms with Crippen LogP contribution in [0.3, 0.4) is 0 Å². The summed E-state index contributed by atoms with van der Waals surface area (Å²) >= 11 is 0. The molecule has 0 saturated heterocycles. The van der Waals surface area contributed by atoms with Gasteiger partial charge < -0.3 is 9.30 Å². The van der Waals surface area contributed by atoms with E-state index in [9.17, 15) is 0 Å². The highest BCUT2D eigenvalue weighted by atomic mass is 16.5. The maximum atomic E-state index is 5.26. The molecule has 0 radical (unpaired) electrons. The van der Waals surface area contributed by atoms with Crippen LogP contribution in [0.4, 0.5) is 0 Å². The Morgan fingerprint density at radius 3 is 2.76 bits per heavy atom. The summed E-state index contributed by atoms with van der Waals surface area (Å²) in [6.07, 6.45) is 13.5. The first kappa shape index (κ1) is 14.2. The minimum atomic E-state index is 0.762. The van der Waals surface area contributed by atoms with Crippen molar-refractivity contribution in [1.29, 1.82) is 0 Å². The molecular formula is C14H26N2O. The zero-order valence-electron chi connectivity index (χ0n) is 11.3. The molecule has 1 aromatic heterocycles. The van der Waals surface area contributed by atoms with Crippen LogP contribution in [-0.2, 0) is 11.3 Å². The number of aryl methyl sites for hydroxylation is 1. The molecule has 1 rings (SSSR count). The number of unbranched alkanes of at least 4 members (excludes halogenated alkanes) is 2. The Hall–Kier alpha value is -0.830. The lowest BCUT2D eigenvalue weighted by Gasteiger charge is -2.14. The minimum Gasteiger partial charge on any atom is -0.384 e. The number of rotatable bonds is 10. The molecule has 0 amide bonds. The number of imidazole rings is 1. The molecule has 3 nitrogen and oxygen atoms in total. The lowest BCUT2D eigenvalue weighted by atomic mass is 9.97. The average molecular weight is 238 g/mol. The van der Waals surface area contributed by atoms with Gasteiger partial charge in [0.1, 0.15) is 0 Å². The quantitative estimate of drug-likeness (QED) is 0.583. The van der Waals surface area contributed by atoms with Gasteiger partial charge in [0.2, 0.25) is 0 Å². The molecule has 1 atom stereocenters. The third-order valence-corrected chi connectivity index (χ3v) is 3.19. The van der Waals surface area contributed by atoms with Crippen LogP contribution < -0.4 is 0 Å². The van der Waals surface area contributed by atoms with Crippen molar-refractivity contribution in [3.63, 3.8) is 0 Å². The van der Waals surface area contributed by atoms with Crippen molar-refractivity contribution in [3.8, 4) is 0 Å². The summed E-state index contributed by atoms with van der Waals surface area (Å²) in [6, 6.07) is 0. The molecule has 1 heterocycles. The van der Waals surface area contributed by atoms with Crippen molar-refractivity contribution < 1.29 is 4.74 Å². The maximum absolute atomic E-state index is 5.26. The highest BCUT2D eigenvalue weighted by molar-refractivity contribution is 4.73. The Bertz CT molecular complexity index is 253. The summed E-state index contributed by atoms with van der Waals surface area (Å²) < 4.78 is 7.41. The maximum Gasteiger partial charge on any atom is 0.0945 e. The fourth-order valence-corrected chi connectivity index (χ4v) is 2.28. The van der Waals surface area contributed by atoms with E-state index in [0.717, 1.165) is 19.1 Å². The Morgan fingerprint density at radius 2 is 2.12 bits per heavy atom. The van der Waals surface area contributed by atoms with Gasteiger partial charge in [-0.25, -0.2) is 4.98 Å². The Kier molecular flexibility index (Phi) is 7.72. The van der Waals surface area contributed by atoms with E-state index in [1.165, 1.54) is 38.5 Å². The van der Waals surface area contributed by atoms with Gasteiger partial charge in [0.25, 0.3) is 0 Å². The normalized spacial score (nSPS) is 12.8. The van der Waals surface area contributed by atoms with E-state index in [-0.39, 0.29) is 0 Å². The number of hydrogen-bond acceptors (Lipinski definition) is 2. The molecule has 0 N–H and O–H groups in total. The second-order valence-electron chi connectivity index (χ2n) is 4.76. The van der Waals surface area contributed by atoms with Crippen LogP contribution in [0, 0.1) is 5.92 Å². The molecule has 1 unspecified atom stereocenters. The van der Waals surface area contributed by atoms with Crippen molar-refractivity contribution in [1.82, 2.24) is 9.55 Å². The van der Waals surface area contributed by atoms with Gasteiger partial charge in [-0.3, -0.25) is 0 Å². The lowest BCUT2D eigenvalue weighted by molar-refractivity contribution is 0.141. The third kappa shape index (κ3) is 6.47. The molecule has 0 spiro atoms. The highest BCUT2D eigenvalue weighted by Gasteiger charge is 2.06. The van der Waals surface area contributed by atoms with Crippen molar-refractivity contribution in [2.75, 3.05) is 13.7 Å². The Labute approximate surface area is 105 Å². The second kappa shape index (κ2) is 9.23. The standard InChI is InChI=1S/C14H26N2O/c1-3-7-14(12-17-2)8-5-4-6-10-16-11-9-15-13-16/h9,11,13-14H,3-8,10,12H2,1-2H3. The lowest BCUT2D eigenvalue weighted by Crippen LogP contribution is -2.08. The molecule has 1 aromatic rings. The summed E-state index contributed by atoms with van der Waals surface area (Å²) in [5.41, 5.74) is 0. The predicted octanol–water partition coefficient (Wildman–Crippen LogP) is 3.51. The molecule has 0 aliphatic carbocycles. The summed E-state index contributed by atoms with van der Waals surface area (Å²) in [6.45, 7) is 4.28. The van der Waals surface area contributed by atoms with Gasteiger partial charge in [0.15, 0.2) is 0 Å². The van der Waals surface area contributed by atoms with Crippen LogP contribution in [-0.4, -0.2) is 23.3 Å². The number of hydrogen-bond donors (Lipinski definition) is 0. The molecule has 0 aliphatic rings. The van der Waals surface area contributed by atoms with Crippen LogP contribution in [0.25, 0.3) is 0 Å². The largest absolute Gasteiger partial charge is 0.384 e. The average Bonchev–Trinajstić information content (AvgIpc) is 2.82. The van der Waals surface area contributed by atoms with Gasteiger partial charge in [-0.05, 0) is 25.2 Å². The zero-order valence-corrected chi connectivity index (χ0v) is 11.3. The number of aromatic nitrogens is 2. The monoisotopic (exact) mass is 238 g/mol. The Morgan fingerprint density at radius 1 is 1.24 bits per heavy atom. The fourth-order valence-electron chi connectivity index (χ4n) is 2.28. The zero-order chi connectivity index (χ0) is 12.3. The van der Waals surface area contributed by atoms with Crippen LogP contribution >= 0.6 is 0 Å². The van der Waals surface area contributed by atoms with Gasteiger partial charge in [0, 0.05) is 32.7 Å². The first-order valence-corrected chi connectivity index (χ1v) is 6.81. The molecule has 0 aliphatic heterocycles. The number of methoxy groups -OCH3 is 1. The minimum absolute atomic E-state index is 0.762. The van der Waals surface area contributed by atoms with Gasteiger partial charge >= 0.3 is 0 Å². The van der Waals surface area contributed by atoms with Crippen LogP contribution in [0.15, 0.2) is 18.7 Å². The summed E-state index contributed by atoms with van der Waals surface area (Å²) in [7, 11) is 1.81. The smallest absolute Gasteiger partial charge is 0.0945 e. The van der Waals surface area contributed by atoms with Gasteiger partial charge in [-0.15, -0.1) is 0 Å². The number of nitrogens with zero attached hydrogens (tertiary/aromatic N) is 2. The van der Waals surface area contributed by atoms with Gasteiger partial charge in [-0.2, -0.15) is 0 Å². The second-order valence-corrected chi connectivity index (χ2v) is 4.76. The fraction of sp³-hybridized carbons (Fsp3) is 0.786. The van der Waals surface area contributed by atoms with Crippen molar-refractivity contribution in [3.05, 3.63) is 18.7 Å². The van der Waals surface area contributed by atoms with E-state index in [4.69, 9.17) is 4.74 Å². The van der Waals surface area contributed by atoms with E-state index in [1.807, 2.05) is 25.8 Å². The van der Waals surface area contributed by atoms with Crippen molar-refractivity contribution in [2.45, 2.75) is 52.0 Å². The van der Waals surface area contributed by atoms with E-state index in [2.05, 4.69) is 16.5 Å². The molecule has 98 valence electrons. The van der Waals surface area contributed by atoms with Crippen molar-refractivity contribution >= 4 is 0 Å². The summed E-state index contributed by atoms with van der Waals surface area (Å²) in [5.74, 6) is 0.762. The predicted molar refractivity (Wildman–Crippen MR) is 71.0 cm³/mol. The van der Waals surface area contributed by atoms with E-state index in [1.54, 1.807) is 0 Å². The first-order chi connectivity index (χ1) is 8.36. The highest BCUT2D eigenvalue weighted by Crippen LogP contribution is 2.16. The van der Waals surface area contributed by atoms with Crippen molar-refractivity contribution in [2.24, 2.45) is 5.92 Å². The molecule has 0 bridgehead atoms. The third-order valence-electron chi connectivity index (χ3n) is 3.19. The topological polar surface area (TPSA) is 27.1 Å². The Balaban J connectivity index is 2.01. The molecule has 0 saturated carbocycles. The summed E-state index contributed by atoms with van der Waals surface area (Å²) in [5, 5.41) is 0. The SMILES string of the molecule is CCCC(CCCCCn1ccnc1)COC. The summed E-state index contributed by atoms with van der Waals surface area (Å²) in [4.78, 5) is 4.04. The molecule has 0 fully saturated rings. The van der Waals surface area contributed by atoms with Crippen LogP contribution in [0.5, 0.6) is 0 Å². The molecular weight excluding hydrogens is 212 g/mol. The first-order valence-electron chi connectivity index (χ1n) is 6.81. The molecule has 0 aromatic carbocycles. The molecule has 17 heavy (non-hydrogen) atoms. The number of ether oxygens (including phenoxy) is 1.